The highest BCUT2D eigenvalue weighted by Gasteiger charge is 2.11. The fourth-order valence-electron chi connectivity index (χ4n) is 2.11. The third kappa shape index (κ3) is 3.95. The zero-order valence-corrected chi connectivity index (χ0v) is 12.8. The Hall–Kier alpha value is -3.35. The molecule has 126 valence electrons. The van der Waals surface area contributed by atoms with Crippen molar-refractivity contribution in [2.75, 3.05) is 10.6 Å². The Morgan fingerprint density at radius 3 is 2.28 bits per heavy atom. The van der Waals surface area contributed by atoms with E-state index in [0.29, 0.717) is 11.4 Å². The molecule has 2 aromatic carbocycles. The standard InChI is InChI=1S/C18H12F3N3O/c19-14-4-2-1-3-13(14)18(25)24-17-8-6-12(10-22-17)23-11-5-7-15(20)16(21)9-11/h1-10,23H,(H,22,24,25). The number of aromatic nitrogens is 1. The molecule has 0 saturated carbocycles. The zero-order chi connectivity index (χ0) is 17.8. The van der Waals surface area contributed by atoms with Gasteiger partial charge in [-0.3, -0.25) is 4.79 Å². The van der Waals surface area contributed by atoms with Crippen LogP contribution in [0.5, 0.6) is 0 Å². The van der Waals surface area contributed by atoms with Crippen LogP contribution in [0.4, 0.5) is 30.4 Å². The number of carbonyl (C=O) groups excluding carboxylic acids is 1. The molecule has 0 aliphatic rings. The van der Waals surface area contributed by atoms with Gasteiger partial charge in [-0.1, -0.05) is 12.1 Å². The molecule has 0 atom stereocenters. The first-order chi connectivity index (χ1) is 12.0. The molecular weight excluding hydrogens is 331 g/mol. The van der Waals surface area contributed by atoms with Crippen LogP contribution in [0.25, 0.3) is 0 Å². The highest BCUT2D eigenvalue weighted by molar-refractivity contribution is 6.03. The first kappa shape index (κ1) is 16.5. The Labute approximate surface area is 141 Å². The molecule has 0 aliphatic heterocycles. The smallest absolute Gasteiger partial charge is 0.259 e. The number of benzene rings is 2. The van der Waals surface area contributed by atoms with E-state index in [0.717, 1.165) is 12.1 Å². The Kier molecular flexibility index (Phi) is 4.65. The van der Waals surface area contributed by atoms with Gasteiger partial charge in [-0.2, -0.15) is 0 Å². The maximum Gasteiger partial charge on any atom is 0.259 e. The molecule has 7 heteroatoms. The molecule has 0 bridgehead atoms. The van der Waals surface area contributed by atoms with Crippen molar-refractivity contribution < 1.29 is 18.0 Å². The lowest BCUT2D eigenvalue weighted by molar-refractivity contribution is 0.102. The summed E-state index contributed by atoms with van der Waals surface area (Å²) >= 11 is 0. The topological polar surface area (TPSA) is 54.0 Å². The van der Waals surface area contributed by atoms with E-state index >= 15 is 0 Å². The minimum atomic E-state index is -0.966. The molecule has 25 heavy (non-hydrogen) atoms. The Bertz CT molecular complexity index is 914. The van der Waals surface area contributed by atoms with Crippen LogP contribution in [0.1, 0.15) is 10.4 Å². The number of hydrogen-bond donors (Lipinski definition) is 2. The van der Waals surface area contributed by atoms with Gasteiger partial charge in [0.1, 0.15) is 11.6 Å². The van der Waals surface area contributed by atoms with Gasteiger partial charge in [-0.05, 0) is 36.4 Å². The highest BCUT2D eigenvalue weighted by Crippen LogP contribution is 2.19. The molecule has 1 heterocycles. The van der Waals surface area contributed by atoms with Crippen LogP contribution in [0.15, 0.2) is 60.8 Å². The summed E-state index contributed by atoms with van der Waals surface area (Å²) in [7, 11) is 0. The minimum absolute atomic E-state index is 0.0895. The van der Waals surface area contributed by atoms with Gasteiger partial charge in [0.15, 0.2) is 11.6 Å². The molecule has 3 rings (SSSR count). The van der Waals surface area contributed by atoms with Crippen molar-refractivity contribution in [3.8, 4) is 0 Å². The molecule has 1 amide bonds. The summed E-state index contributed by atoms with van der Waals surface area (Å²) in [5, 5.41) is 5.33. The largest absolute Gasteiger partial charge is 0.354 e. The first-order valence-corrected chi connectivity index (χ1v) is 7.27. The predicted octanol–water partition coefficient (Wildman–Crippen LogP) is 4.49. The zero-order valence-electron chi connectivity index (χ0n) is 12.8. The quantitative estimate of drug-likeness (QED) is 0.734. The van der Waals surface area contributed by atoms with E-state index < -0.39 is 23.4 Å². The van der Waals surface area contributed by atoms with E-state index in [1.165, 1.54) is 36.5 Å². The van der Waals surface area contributed by atoms with Crippen molar-refractivity contribution in [3.63, 3.8) is 0 Å². The average Bonchev–Trinajstić information content (AvgIpc) is 2.60. The molecule has 3 aromatic rings. The number of rotatable bonds is 4. The van der Waals surface area contributed by atoms with Crippen LogP contribution in [0.2, 0.25) is 0 Å². The molecule has 1 aromatic heterocycles. The van der Waals surface area contributed by atoms with Crippen LogP contribution >= 0.6 is 0 Å². The molecule has 0 unspecified atom stereocenters. The van der Waals surface area contributed by atoms with Gasteiger partial charge in [0.25, 0.3) is 5.91 Å². The van der Waals surface area contributed by atoms with Gasteiger partial charge in [-0.25, -0.2) is 18.2 Å². The Morgan fingerprint density at radius 1 is 0.840 bits per heavy atom. The van der Waals surface area contributed by atoms with Gasteiger partial charge < -0.3 is 10.6 Å². The summed E-state index contributed by atoms with van der Waals surface area (Å²) in [5.74, 6) is -2.92. The van der Waals surface area contributed by atoms with Gasteiger partial charge in [0.05, 0.1) is 17.4 Å². The fourth-order valence-corrected chi connectivity index (χ4v) is 2.11. The second-order valence-electron chi connectivity index (χ2n) is 5.12. The average molecular weight is 343 g/mol. The molecule has 2 N–H and O–H groups in total. The first-order valence-electron chi connectivity index (χ1n) is 7.27. The van der Waals surface area contributed by atoms with Crippen LogP contribution in [0.3, 0.4) is 0 Å². The Balaban J connectivity index is 1.69. The number of amides is 1. The van der Waals surface area contributed by atoms with Crippen LogP contribution in [0, 0.1) is 17.5 Å². The maximum absolute atomic E-state index is 13.6. The molecule has 0 aliphatic carbocycles. The number of pyridine rings is 1. The second kappa shape index (κ2) is 7.04. The van der Waals surface area contributed by atoms with Crippen molar-refractivity contribution >= 4 is 23.1 Å². The third-order valence-electron chi connectivity index (χ3n) is 3.33. The van der Waals surface area contributed by atoms with Gasteiger partial charge >= 0.3 is 0 Å². The summed E-state index contributed by atoms with van der Waals surface area (Å²) in [6.07, 6.45) is 1.40. The lowest BCUT2D eigenvalue weighted by Gasteiger charge is -2.08. The van der Waals surface area contributed by atoms with E-state index in [2.05, 4.69) is 15.6 Å². The number of nitrogens with one attached hydrogen (secondary N) is 2. The predicted molar refractivity (Wildman–Crippen MR) is 88.2 cm³/mol. The minimum Gasteiger partial charge on any atom is -0.354 e. The van der Waals surface area contributed by atoms with E-state index in [9.17, 15) is 18.0 Å². The van der Waals surface area contributed by atoms with E-state index in [4.69, 9.17) is 0 Å². The number of hydrogen-bond acceptors (Lipinski definition) is 3. The van der Waals surface area contributed by atoms with Gasteiger partial charge in [0, 0.05) is 11.8 Å². The van der Waals surface area contributed by atoms with E-state index in [1.54, 1.807) is 12.1 Å². The number of nitrogens with zero attached hydrogens (tertiary/aromatic N) is 1. The molecule has 0 radical (unpaired) electrons. The fraction of sp³-hybridized carbons (Fsp3) is 0. The maximum atomic E-state index is 13.6. The number of carbonyl (C=O) groups is 1. The Morgan fingerprint density at radius 2 is 1.60 bits per heavy atom. The van der Waals surface area contributed by atoms with Crippen molar-refractivity contribution in [2.45, 2.75) is 0 Å². The van der Waals surface area contributed by atoms with Gasteiger partial charge in [-0.15, -0.1) is 0 Å². The van der Waals surface area contributed by atoms with E-state index in [-0.39, 0.29) is 11.4 Å². The molecule has 4 nitrogen and oxygen atoms in total. The lowest BCUT2D eigenvalue weighted by atomic mass is 10.2. The SMILES string of the molecule is O=C(Nc1ccc(Nc2ccc(F)c(F)c2)cn1)c1ccccc1F. The number of anilines is 3. The monoisotopic (exact) mass is 343 g/mol. The van der Waals surface area contributed by atoms with Crippen LogP contribution in [-0.2, 0) is 0 Å². The molecule has 0 fully saturated rings. The van der Waals surface area contributed by atoms with Crippen molar-refractivity contribution in [1.82, 2.24) is 4.98 Å². The summed E-state index contributed by atoms with van der Waals surface area (Å²) in [4.78, 5) is 16.0. The summed E-state index contributed by atoms with van der Waals surface area (Å²) in [6, 6.07) is 12.1. The van der Waals surface area contributed by atoms with Crippen molar-refractivity contribution in [2.24, 2.45) is 0 Å². The summed E-state index contributed by atoms with van der Waals surface area (Å²) in [5.41, 5.74) is 0.770. The van der Waals surface area contributed by atoms with E-state index in [1.807, 2.05) is 0 Å². The molecule has 0 spiro atoms. The summed E-state index contributed by atoms with van der Waals surface area (Å²) < 4.78 is 39.6. The van der Waals surface area contributed by atoms with Gasteiger partial charge in [0.2, 0.25) is 0 Å². The lowest BCUT2D eigenvalue weighted by Crippen LogP contribution is -2.14. The second-order valence-corrected chi connectivity index (χ2v) is 5.12. The van der Waals surface area contributed by atoms with Crippen LogP contribution in [-0.4, -0.2) is 10.9 Å². The third-order valence-corrected chi connectivity index (χ3v) is 3.33. The van der Waals surface area contributed by atoms with Crippen molar-refractivity contribution in [1.29, 1.82) is 0 Å². The molecular formula is C18H12F3N3O. The van der Waals surface area contributed by atoms with Crippen molar-refractivity contribution in [3.05, 3.63) is 83.8 Å². The van der Waals surface area contributed by atoms with Crippen LogP contribution < -0.4 is 10.6 Å². The highest BCUT2D eigenvalue weighted by atomic mass is 19.2. The molecule has 0 saturated heterocycles. The number of halogens is 3. The normalized spacial score (nSPS) is 10.4. The summed E-state index contributed by atoms with van der Waals surface area (Å²) in [6.45, 7) is 0.